The molecule has 0 heterocycles. The van der Waals surface area contributed by atoms with Crippen LogP contribution in [0.2, 0.25) is 0 Å². The maximum atomic E-state index is 13.6. The third-order valence-electron chi connectivity index (χ3n) is 2.70. The first-order valence-corrected chi connectivity index (χ1v) is 6.55. The molecule has 2 N–H and O–H groups in total. The van der Waals surface area contributed by atoms with Crippen molar-refractivity contribution in [2.24, 2.45) is 0 Å². The highest BCUT2D eigenvalue weighted by atomic mass is 79.9. The molecule has 0 saturated heterocycles. The second-order valence-electron chi connectivity index (χ2n) is 4.00. The lowest BCUT2D eigenvalue weighted by molar-refractivity contribution is 0.102. The molecule has 0 bridgehead atoms. The monoisotopic (exact) mass is 340 g/mol. The van der Waals surface area contributed by atoms with E-state index >= 15 is 0 Å². The Balaban J connectivity index is 2.30. The lowest BCUT2D eigenvalue weighted by Gasteiger charge is -2.10. The first-order chi connectivity index (χ1) is 9.52. The standard InChI is InChI=1S/C14H11BrF2N2O/c1-18-12-5-3-2-4-8(12)14(20)19-13-6-9(15)10(16)7-11(13)17/h2-7,18H,1H3,(H,19,20). The Hall–Kier alpha value is -1.95. The maximum Gasteiger partial charge on any atom is 0.257 e. The van der Waals surface area contributed by atoms with Crippen LogP contribution in [0.4, 0.5) is 20.2 Å². The number of halogens is 3. The highest BCUT2D eigenvalue weighted by Gasteiger charge is 2.14. The van der Waals surface area contributed by atoms with E-state index in [1.807, 2.05) is 0 Å². The molecule has 0 fully saturated rings. The summed E-state index contributed by atoms with van der Waals surface area (Å²) in [5, 5.41) is 5.29. The van der Waals surface area contributed by atoms with Gasteiger partial charge in [0.25, 0.3) is 5.91 Å². The first-order valence-electron chi connectivity index (χ1n) is 5.75. The number of anilines is 2. The fourth-order valence-corrected chi connectivity index (χ4v) is 2.05. The van der Waals surface area contributed by atoms with Crippen molar-refractivity contribution in [3.8, 4) is 0 Å². The van der Waals surface area contributed by atoms with Gasteiger partial charge in [-0.1, -0.05) is 12.1 Å². The molecule has 0 radical (unpaired) electrons. The lowest BCUT2D eigenvalue weighted by Crippen LogP contribution is -2.15. The molecule has 2 rings (SSSR count). The molecule has 3 nitrogen and oxygen atoms in total. The van der Waals surface area contributed by atoms with E-state index in [1.54, 1.807) is 31.3 Å². The van der Waals surface area contributed by atoms with E-state index in [9.17, 15) is 13.6 Å². The second-order valence-corrected chi connectivity index (χ2v) is 4.85. The van der Waals surface area contributed by atoms with Crippen LogP contribution in [0.5, 0.6) is 0 Å². The average molecular weight is 341 g/mol. The van der Waals surface area contributed by atoms with E-state index in [0.29, 0.717) is 17.3 Å². The van der Waals surface area contributed by atoms with Crippen molar-refractivity contribution < 1.29 is 13.6 Å². The van der Waals surface area contributed by atoms with Crippen molar-refractivity contribution in [2.75, 3.05) is 17.7 Å². The van der Waals surface area contributed by atoms with Gasteiger partial charge in [-0.25, -0.2) is 8.78 Å². The number of hydrogen-bond donors (Lipinski definition) is 2. The summed E-state index contributed by atoms with van der Waals surface area (Å²) in [7, 11) is 1.68. The minimum absolute atomic E-state index is 0.0797. The van der Waals surface area contributed by atoms with E-state index in [2.05, 4.69) is 26.6 Å². The van der Waals surface area contributed by atoms with E-state index < -0.39 is 17.5 Å². The molecule has 0 aliphatic carbocycles. The summed E-state index contributed by atoms with van der Waals surface area (Å²) in [5.74, 6) is -2.04. The lowest BCUT2D eigenvalue weighted by atomic mass is 10.1. The molecule has 0 atom stereocenters. The number of nitrogens with one attached hydrogen (secondary N) is 2. The fraction of sp³-hybridized carbons (Fsp3) is 0.0714. The number of para-hydroxylation sites is 1. The Morgan fingerprint density at radius 1 is 1.10 bits per heavy atom. The van der Waals surface area contributed by atoms with Gasteiger partial charge in [-0.05, 0) is 34.1 Å². The third kappa shape index (κ3) is 2.96. The number of rotatable bonds is 3. The average Bonchev–Trinajstić information content (AvgIpc) is 2.44. The quantitative estimate of drug-likeness (QED) is 0.828. The molecule has 0 aliphatic heterocycles. The van der Waals surface area contributed by atoms with Crippen molar-refractivity contribution in [2.45, 2.75) is 0 Å². The summed E-state index contributed by atoms with van der Waals surface area (Å²) in [6.45, 7) is 0. The zero-order valence-corrected chi connectivity index (χ0v) is 12.1. The summed E-state index contributed by atoms with van der Waals surface area (Å²) in [4.78, 5) is 12.1. The van der Waals surface area contributed by atoms with Crippen LogP contribution in [0.25, 0.3) is 0 Å². The van der Waals surface area contributed by atoms with Crippen molar-refractivity contribution in [1.82, 2.24) is 0 Å². The summed E-state index contributed by atoms with van der Waals surface area (Å²) in [6, 6.07) is 8.71. The Morgan fingerprint density at radius 3 is 2.50 bits per heavy atom. The number of carbonyl (C=O) groups excluding carboxylic acids is 1. The predicted molar refractivity (Wildman–Crippen MR) is 78.0 cm³/mol. The Bertz CT molecular complexity index is 662. The van der Waals surface area contributed by atoms with Gasteiger partial charge in [0, 0.05) is 18.8 Å². The number of carbonyl (C=O) groups is 1. The topological polar surface area (TPSA) is 41.1 Å². The molecule has 20 heavy (non-hydrogen) atoms. The SMILES string of the molecule is CNc1ccccc1C(=O)Nc1cc(Br)c(F)cc1F. The van der Waals surface area contributed by atoms with Crippen molar-refractivity contribution in [1.29, 1.82) is 0 Å². The number of hydrogen-bond acceptors (Lipinski definition) is 2. The Morgan fingerprint density at radius 2 is 1.80 bits per heavy atom. The molecule has 104 valence electrons. The fourth-order valence-electron chi connectivity index (χ4n) is 1.71. The van der Waals surface area contributed by atoms with Gasteiger partial charge in [0.2, 0.25) is 0 Å². The van der Waals surface area contributed by atoms with Crippen LogP contribution < -0.4 is 10.6 Å². The second kappa shape index (κ2) is 6.00. The highest BCUT2D eigenvalue weighted by molar-refractivity contribution is 9.10. The van der Waals surface area contributed by atoms with Crippen molar-refractivity contribution in [3.05, 3.63) is 58.1 Å². The molecule has 0 spiro atoms. The molecular formula is C14H11BrF2N2O. The van der Waals surface area contributed by atoms with E-state index in [-0.39, 0.29) is 10.2 Å². The molecule has 2 aromatic carbocycles. The molecule has 0 aliphatic rings. The van der Waals surface area contributed by atoms with Gasteiger partial charge < -0.3 is 10.6 Å². The van der Waals surface area contributed by atoms with Crippen LogP contribution in [0, 0.1) is 11.6 Å². The first kappa shape index (κ1) is 14.5. The maximum absolute atomic E-state index is 13.6. The van der Waals surface area contributed by atoms with Crippen LogP contribution in [0.3, 0.4) is 0 Å². The summed E-state index contributed by atoms with van der Waals surface area (Å²) in [5.41, 5.74) is 0.899. The van der Waals surface area contributed by atoms with Crippen molar-refractivity contribution >= 4 is 33.2 Å². The smallest absolute Gasteiger partial charge is 0.257 e. The van der Waals surface area contributed by atoms with E-state index in [4.69, 9.17) is 0 Å². The Labute approximate surface area is 123 Å². The van der Waals surface area contributed by atoms with Crippen molar-refractivity contribution in [3.63, 3.8) is 0 Å². The molecule has 0 saturated carbocycles. The normalized spacial score (nSPS) is 10.2. The summed E-state index contributed by atoms with van der Waals surface area (Å²) in [6.07, 6.45) is 0. The largest absolute Gasteiger partial charge is 0.387 e. The number of amides is 1. The highest BCUT2D eigenvalue weighted by Crippen LogP contribution is 2.25. The van der Waals surface area contributed by atoms with Crippen LogP contribution in [0.1, 0.15) is 10.4 Å². The Kier molecular flexibility index (Phi) is 4.34. The molecule has 0 unspecified atom stereocenters. The van der Waals surface area contributed by atoms with E-state index in [0.717, 1.165) is 0 Å². The predicted octanol–water partition coefficient (Wildman–Crippen LogP) is 4.02. The zero-order valence-electron chi connectivity index (χ0n) is 10.5. The minimum atomic E-state index is -0.832. The minimum Gasteiger partial charge on any atom is -0.387 e. The van der Waals surface area contributed by atoms with Gasteiger partial charge in [0.15, 0.2) is 0 Å². The van der Waals surface area contributed by atoms with Crippen LogP contribution >= 0.6 is 15.9 Å². The van der Waals surface area contributed by atoms with E-state index in [1.165, 1.54) is 6.07 Å². The van der Waals surface area contributed by atoms with Gasteiger partial charge in [0.05, 0.1) is 15.7 Å². The van der Waals surface area contributed by atoms with Gasteiger partial charge in [-0.2, -0.15) is 0 Å². The molecule has 1 amide bonds. The summed E-state index contributed by atoms with van der Waals surface area (Å²) >= 11 is 2.95. The number of benzene rings is 2. The summed E-state index contributed by atoms with van der Waals surface area (Å²) < 4.78 is 26.8. The van der Waals surface area contributed by atoms with Crippen LogP contribution in [-0.2, 0) is 0 Å². The third-order valence-corrected chi connectivity index (χ3v) is 3.31. The molecular weight excluding hydrogens is 330 g/mol. The van der Waals surface area contributed by atoms with Gasteiger partial charge in [-0.3, -0.25) is 4.79 Å². The van der Waals surface area contributed by atoms with Gasteiger partial charge >= 0.3 is 0 Å². The van der Waals surface area contributed by atoms with Crippen LogP contribution in [0.15, 0.2) is 40.9 Å². The molecule has 2 aromatic rings. The van der Waals surface area contributed by atoms with Crippen LogP contribution in [-0.4, -0.2) is 13.0 Å². The molecule has 6 heteroatoms. The van der Waals surface area contributed by atoms with Gasteiger partial charge in [0.1, 0.15) is 11.6 Å². The molecule has 0 aromatic heterocycles. The zero-order chi connectivity index (χ0) is 14.7. The van der Waals surface area contributed by atoms with Gasteiger partial charge in [-0.15, -0.1) is 0 Å².